The number of unbranched alkanes of at least 4 members (excludes halogenated alkanes) is 1. The van der Waals surface area contributed by atoms with Crippen LogP contribution in [-0.4, -0.2) is 50.1 Å². The third kappa shape index (κ3) is 3.45. The molecule has 3 rings (SSSR count). The molecule has 1 aromatic carbocycles. The highest BCUT2D eigenvalue weighted by Crippen LogP contribution is 2.45. The minimum absolute atomic E-state index is 0.0798. The number of hydrogen-bond donors (Lipinski definition) is 0. The van der Waals surface area contributed by atoms with Gasteiger partial charge in [-0.15, -0.1) is 12.3 Å². The maximum absolute atomic E-state index is 13.2. The molecule has 0 N–H and O–H groups in total. The van der Waals surface area contributed by atoms with Gasteiger partial charge in [-0.1, -0.05) is 6.92 Å². The van der Waals surface area contributed by atoms with Crippen molar-refractivity contribution in [2.75, 3.05) is 38.3 Å². The van der Waals surface area contributed by atoms with Crippen molar-refractivity contribution in [1.82, 2.24) is 4.90 Å². The number of carbonyl (C=O) groups is 2. The predicted molar refractivity (Wildman–Crippen MR) is 102 cm³/mol. The summed E-state index contributed by atoms with van der Waals surface area (Å²) in [5.41, 5.74) is 1.87. The molecule has 2 aliphatic heterocycles. The van der Waals surface area contributed by atoms with E-state index in [1.54, 1.807) is 29.0 Å². The smallest absolute Gasteiger partial charge is 0.292 e. The normalized spacial score (nSPS) is 17.7. The highest BCUT2D eigenvalue weighted by Gasteiger charge is 2.54. The zero-order valence-electron chi connectivity index (χ0n) is 16.0. The topological polar surface area (TPSA) is 59.1 Å². The minimum atomic E-state index is -1.44. The maximum Gasteiger partial charge on any atom is 0.292 e. The van der Waals surface area contributed by atoms with E-state index in [4.69, 9.17) is 15.9 Å². The predicted octanol–water partition coefficient (Wildman–Crippen LogP) is 2.52. The van der Waals surface area contributed by atoms with E-state index in [1.165, 1.54) is 0 Å². The van der Waals surface area contributed by atoms with Gasteiger partial charge in [0.1, 0.15) is 0 Å². The molecule has 2 amide bonds. The molecule has 6 heteroatoms. The monoisotopic (exact) mass is 370 g/mol. The van der Waals surface area contributed by atoms with Crippen LogP contribution in [0.1, 0.15) is 48.5 Å². The number of terminal acetylenes is 1. The second kappa shape index (κ2) is 8.12. The van der Waals surface area contributed by atoms with Gasteiger partial charge < -0.3 is 19.3 Å². The largest absolute Gasteiger partial charge is 0.342 e. The molecule has 1 fully saturated rings. The first kappa shape index (κ1) is 19.4. The Hall–Kier alpha value is -2.36. The van der Waals surface area contributed by atoms with Gasteiger partial charge in [0.05, 0.1) is 18.9 Å². The lowest BCUT2D eigenvalue weighted by atomic mass is 10.0. The molecule has 1 spiro atoms. The summed E-state index contributed by atoms with van der Waals surface area (Å²) in [5.74, 6) is 0.843. The van der Waals surface area contributed by atoms with Gasteiger partial charge in [0.2, 0.25) is 0 Å². The van der Waals surface area contributed by atoms with Crippen molar-refractivity contribution in [3.05, 3.63) is 29.3 Å². The molecular formula is C21H26N2O4. The molecule has 2 heterocycles. The Morgan fingerprint density at radius 2 is 2.11 bits per heavy atom. The van der Waals surface area contributed by atoms with Gasteiger partial charge in [0.25, 0.3) is 17.6 Å². The quantitative estimate of drug-likeness (QED) is 0.570. The van der Waals surface area contributed by atoms with Crippen LogP contribution in [0, 0.1) is 12.3 Å². The molecule has 0 saturated carbocycles. The Labute approximate surface area is 160 Å². The summed E-state index contributed by atoms with van der Waals surface area (Å²) in [6.45, 7) is 4.07. The van der Waals surface area contributed by atoms with Crippen LogP contribution in [0.5, 0.6) is 0 Å². The Morgan fingerprint density at radius 3 is 2.78 bits per heavy atom. The number of ether oxygens (including phenoxy) is 2. The molecule has 1 aromatic rings. The number of anilines is 1. The molecule has 0 aromatic heterocycles. The Balaban J connectivity index is 1.98. The third-order valence-corrected chi connectivity index (χ3v) is 4.92. The number of amides is 2. The average molecular weight is 370 g/mol. The summed E-state index contributed by atoms with van der Waals surface area (Å²) in [6, 6.07) is 5.32. The van der Waals surface area contributed by atoms with Crippen LogP contribution >= 0.6 is 0 Å². The van der Waals surface area contributed by atoms with Crippen LogP contribution in [0.3, 0.4) is 0 Å². The summed E-state index contributed by atoms with van der Waals surface area (Å²) in [4.78, 5) is 29.2. The Bertz CT molecular complexity index is 762. The zero-order chi connectivity index (χ0) is 19.4. The summed E-state index contributed by atoms with van der Waals surface area (Å²) in [5, 5.41) is 0. The maximum atomic E-state index is 13.2. The van der Waals surface area contributed by atoms with E-state index < -0.39 is 5.79 Å². The second-order valence-electron chi connectivity index (χ2n) is 6.89. The number of fused-ring (bicyclic) bond motifs is 2. The van der Waals surface area contributed by atoms with Gasteiger partial charge in [-0.05, 0) is 37.5 Å². The molecule has 0 bridgehead atoms. The van der Waals surface area contributed by atoms with Crippen LogP contribution in [-0.2, 0) is 20.1 Å². The van der Waals surface area contributed by atoms with E-state index in [9.17, 15) is 9.59 Å². The van der Waals surface area contributed by atoms with Crippen LogP contribution < -0.4 is 4.90 Å². The summed E-state index contributed by atoms with van der Waals surface area (Å²) in [6.07, 6.45) is 8.24. The standard InChI is InChI=1S/C21H26N2O4/c1-4-6-7-12-23-18-10-9-16(19(24)22(3)11-5-2)15-17(18)21(20(23)25)26-13-8-14-27-21/h1,9-10,15H,5-8,11-14H2,2-3H3. The van der Waals surface area contributed by atoms with Gasteiger partial charge >= 0.3 is 0 Å². The highest BCUT2D eigenvalue weighted by atomic mass is 16.7. The van der Waals surface area contributed by atoms with Crippen molar-refractivity contribution in [2.24, 2.45) is 0 Å². The van der Waals surface area contributed by atoms with Gasteiger partial charge in [0.15, 0.2) is 0 Å². The first-order valence-corrected chi connectivity index (χ1v) is 9.48. The fourth-order valence-corrected chi connectivity index (χ4v) is 3.60. The van der Waals surface area contributed by atoms with Crippen molar-refractivity contribution in [1.29, 1.82) is 0 Å². The minimum Gasteiger partial charge on any atom is -0.342 e. The van der Waals surface area contributed by atoms with Crippen molar-refractivity contribution in [3.63, 3.8) is 0 Å². The lowest BCUT2D eigenvalue weighted by molar-refractivity contribution is -0.256. The lowest BCUT2D eigenvalue weighted by Gasteiger charge is -2.32. The zero-order valence-corrected chi connectivity index (χ0v) is 16.0. The van der Waals surface area contributed by atoms with E-state index in [0.717, 1.165) is 18.5 Å². The van der Waals surface area contributed by atoms with E-state index in [-0.39, 0.29) is 11.8 Å². The van der Waals surface area contributed by atoms with Crippen molar-refractivity contribution in [2.45, 2.75) is 38.4 Å². The van der Waals surface area contributed by atoms with Crippen LogP contribution in [0.2, 0.25) is 0 Å². The number of hydrogen-bond acceptors (Lipinski definition) is 4. The number of benzene rings is 1. The molecule has 144 valence electrons. The average Bonchev–Trinajstić information content (AvgIpc) is 2.90. The summed E-state index contributed by atoms with van der Waals surface area (Å²) >= 11 is 0. The summed E-state index contributed by atoms with van der Waals surface area (Å²) in [7, 11) is 1.78. The molecule has 6 nitrogen and oxygen atoms in total. The molecule has 1 saturated heterocycles. The van der Waals surface area contributed by atoms with Crippen molar-refractivity contribution in [3.8, 4) is 12.3 Å². The lowest BCUT2D eigenvalue weighted by Crippen LogP contribution is -2.47. The molecule has 2 aliphatic rings. The van der Waals surface area contributed by atoms with Crippen LogP contribution in [0.25, 0.3) is 0 Å². The first-order valence-electron chi connectivity index (χ1n) is 9.48. The second-order valence-corrected chi connectivity index (χ2v) is 6.89. The van der Waals surface area contributed by atoms with E-state index in [1.807, 2.05) is 13.0 Å². The molecule has 0 aliphatic carbocycles. The number of rotatable bonds is 6. The highest BCUT2D eigenvalue weighted by molar-refractivity contribution is 6.07. The van der Waals surface area contributed by atoms with Crippen molar-refractivity contribution < 1.29 is 19.1 Å². The fourth-order valence-electron chi connectivity index (χ4n) is 3.60. The molecule has 27 heavy (non-hydrogen) atoms. The van der Waals surface area contributed by atoms with Gasteiger partial charge in [0, 0.05) is 37.7 Å². The SMILES string of the molecule is C#CCCCN1C(=O)C2(OCCCO2)c2cc(C(=O)N(C)CCC)ccc21. The number of nitrogens with zero attached hydrogens (tertiary/aromatic N) is 2. The molecular weight excluding hydrogens is 344 g/mol. The van der Waals surface area contributed by atoms with Gasteiger partial charge in [-0.2, -0.15) is 0 Å². The van der Waals surface area contributed by atoms with Gasteiger partial charge in [-0.3, -0.25) is 9.59 Å². The van der Waals surface area contributed by atoms with Gasteiger partial charge in [-0.25, -0.2) is 0 Å². The van der Waals surface area contributed by atoms with E-state index in [2.05, 4.69) is 5.92 Å². The molecule has 0 radical (unpaired) electrons. The molecule has 0 unspecified atom stereocenters. The van der Waals surface area contributed by atoms with Crippen LogP contribution in [0.15, 0.2) is 18.2 Å². The van der Waals surface area contributed by atoms with Crippen molar-refractivity contribution >= 4 is 17.5 Å². The fraction of sp³-hybridized carbons (Fsp3) is 0.524. The Kier molecular flexibility index (Phi) is 5.83. The number of carbonyl (C=O) groups excluding carboxylic acids is 2. The van der Waals surface area contributed by atoms with E-state index in [0.29, 0.717) is 50.3 Å². The summed E-state index contributed by atoms with van der Waals surface area (Å²) < 4.78 is 11.7. The first-order chi connectivity index (χ1) is 13.0. The van der Waals surface area contributed by atoms with Crippen LogP contribution in [0.4, 0.5) is 5.69 Å². The van der Waals surface area contributed by atoms with E-state index >= 15 is 0 Å². The third-order valence-electron chi connectivity index (χ3n) is 4.92. The Morgan fingerprint density at radius 1 is 1.37 bits per heavy atom. The molecule has 0 atom stereocenters.